The molecule has 5 heteroatoms. The molecule has 2 aromatic rings. The lowest BCUT2D eigenvalue weighted by atomic mass is 10.1. The van der Waals surface area contributed by atoms with Crippen molar-refractivity contribution in [3.63, 3.8) is 0 Å². The summed E-state index contributed by atoms with van der Waals surface area (Å²) in [6.45, 7) is 0. The first-order chi connectivity index (χ1) is 8.20. The number of carbonyl (C=O) groups is 1. The molecule has 4 nitrogen and oxygen atoms in total. The van der Waals surface area contributed by atoms with E-state index in [2.05, 4.69) is 14.7 Å². The molecule has 1 aromatic heterocycles. The molecule has 0 fully saturated rings. The Kier molecular flexibility index (Phi) is 3.35. The van der Waals surface area contributed by atoms with Gasteiger partial charge in [0, 0.05) is 10.6 Å². The molecule has 17 heavy (non-hydrogen) atoms. The van der Waals surface area contributed by atoms with Crippen LogP contribution in [0.1, 0.15) is 10.5 Å². The van der Waals surface area contributed by atoms with Crippen LogP contribution in [-0.4, -0.2) is 23.0 Å². The van der Waals surface area contributed by atoms with Crippen LogP contribution < -0.4 is 0 Å². The van der Waals surface area contributed by atoms with Crippen molar-refractivity contribution < 1.29 is 9.53 Å². The van der Waals surface area contributed by atoms with Gasteiger partial charge in [-0.25, -0.2) is 9.78 Å². The third-order valence-corrected chi connectivity index (χ3v) is 2.38. The van der Waals surface area contributed by atoms with Crippen molar-refractivity contribution in [3.8, 4) is 11.3 Å². The van der Waals surface area contributed by atoms with Gasteiger partial charge < -0.3 is 4.74 Å². The molecule has 2 rings (SSSR count). The fourth-order valence-electron chi connectivity index (χ4n) is 1.36. The van der Waals surface area contributed by atoms with Gasteiger partial charge in [-0.3, -0.25) is 4.98 Å². The minimum absolute atomic E-state index is 0.171. The van der Waals surface area contributed by atoms with Crippen molar-refractivity contribution in [2.45, 2.75) is 0 Å². The first-order valence-electron chi connectivity index (χ1n) is 4.87. The number of aromatic nitrogens is 2. The van der Waals surface area contributed by atoms with Crippen molar-refractivity contribution in [2.75, 3.05) is 7.11 Å². The number of ether oxygens (including phenoxy) is 1. The van der Waals surface area contributed by atoms with Gasteiger partial charge in [0.05, 0.1) is 25.2 Å². The Morgan fingerprint density at radius 2 is 2.18 bits per heavy atom. The lowest BCUT2D eigenvalue weighted by Crippen LogP contribution is -2.05. The van der Waals surface area contributed by atoms with E-state index in [1.807, 2.05) is 12.1 Å². The highest BCUT2D eigenvalue weighted by molar-refractivity contribution is 6.30. The maximum Gasteiger partial charge on any atom is 0.358 e. The van der Waals surface area contributed by atoms with E-state index in [-0.39, 0.29) is 5.69 Å². The largest absolute Gasteiger partial charge is 0.464 e. The zero-order valence-electron chi connectivity index (χ0n) is 9.05. The number of halogens is 1. The van der Waals surface area contributed by atoms with Gasteiger partial charge in [-0.15, -0.1) is 0 Å². The van der Waals surface area contributed by atoms with Gasteiger partial charge in [-0.1, -0.05) is 23.7 Å². The number of hydrogen-bond acceptors (Lipinski definition) is 4. The lowest BCUT2D eigenvalue weighted by Gasteiger charge is -2.03. The number of esters is 1. The molecule has 0 aliphatic rings. The number of nitrogens with zero attached hydrogens (tertiary/aromatic N) is 2. The molecular weight excluding hydrogens is 240 g/mol. The summed E-state index contributed by atoms with van der Waals surface area (Å²) in [4.78, 5) is 19.4. The number of hydrogen-bond donors (Lipinski definition) is 0. The quantitative estimate of drug-likeness (QED) is 0.767. The molecule has 0 saturated carbocycles. The maximum atomic E-state index is 11.3. The van der Waals surface area contributed by atoms with E-state index in [9.17, 15) is 4.79 Å². The minimum Gasteiger partial charge on any atom is -0.464 e. The van der Waals surface area contributed by atoms with E-state index < -0.39 is 5.97 Å². The topological polar surface area (TPSA) is 52.1 Å². The number of rotatable bonds is 2. The van der Waals surface area contributed by atoms with E-state index in [1.165, 1.54) is 13.3 Å². The molecule has 1 heterocycles. The fraction of sp³-hybridized carbons (Fsp3) is 0.0833. The normalized spacial score (nSPS) is 10.0. The first kappa shape index (κ1) is 11.5. The van der Waals surface area contributed by atoms with Gasteiger partial charge >= 0.3 is 5.97 Å². The highest BCUT2D eigenvalue weighted by Gasteiger charge is 2.09. The molecule has 0 N–H and O–H groups in total. The summed E-state index contributed by atoms with van der Waals surface area (Å²) in [5, 5.41) is 0.604. The van der Waals surface area contributed by atoms with E-state index in [0.29, 0.717) is 10.7 Å². The number of methoxy groups -OCH3 is 1. The molecule has 0 atom stereocenters. The monoisotopic (exact) mass is 248 g/mol. The zero-order valence-corrected chi connectivity index (χ0v) is 9.81. The average Bonchev–Trinajstić information content (AvgIpc) is 2.38. The molecule has 0 aliphatic heterocycles. The molecule has 86 valence electrons. The van der Waals surface area contributed by atoms with Crippen LogP contribution in [0, 0.1) is 0 Å². The lowest BCUT2D eigenvalue weighted by molar-refractivity contribution is 0.0593. The second-order valence-electron chi connectivity index (χ2n) is 3.29. The highest BCUT2D eigenvalue weighted by Crippen LogP contribution is 2.20. The van der Waals surface area contributed by atoms with Gasteiger partial charge in [0.25, 0.3) is 0 Å². The van der Waals surface area contributed by atoms with E-state index >= 15 is 0 Å². The van der Waals surface area contributed by atoms with Crippen LogP contribution in [0.25, 0.3) is 11.3 Å². The molecule has 1 aromatic carbocycles. The molecule has 0 unspecified atom stereocenters. The molecule has 0 radical (unpaired) electrons. The second-order valence-corrected chi connectivity index (χ2v) is 3.73. The van der Waals surface area contributed by atoms with E-state index in [4.69, 9.17) is 11.6 Å². The molecule has 0 saturated heterocycles. The highest BCUT2D eigenvalue weighted by atomic mass is 35.5. The predicted molar refractivity (Wildman–Crippen MR) is 63.8 cm³/mol. The van der Waals surface area contributed by atoms with Gasteiger partial charge in [0.2, 0.25) is 0 Å². The van der Waals surface area contributed by atoms with E-state index in [0.717, 1.165) is 5.56 Å². The van der Waals surface area contributed by atoms with E-state index in [1.54, 1.807) is 18.3 Å². The Balaban J connectivity index is 2.43. The summed E-state index contributed by atoms with van der Waals surface area (Å²) in [7, 11) is 1.30. The minimum atomic E-state index is -0.513. The van der Waals surface area contributed by atoms with Crippen molar-refractivity contribution >= 4 is 17.6 Å². The molecular formula is C12H9ClN2O2. The van der Waals surface area contributed by atoms with Crippen LogP contribution in [0.2, 0.25) is 5.02 Å². The van der Waals surface area contributed by atoms with Crippen LogP contribution in [0.4, 0.5) is 0 Å². The van der Waals surface area contributed by atoms with Crippen molar-refractivity contribution in [1.82, 2.24) is 9.97 Å². The standard InChI is InChI=1S/C12H9ClN2O2/c1-17-12(16)11-7-14-6-10(15-11)8-3-2-4-9(13)5-8/h2-7H,1H3. The first-order valence-corrected chi connectivity index (χ1v) is 5.25. The summed E-state index contributed by atoms with van der Waals surface area (Å²) >= 11 is 5.88. The number of carbonyl (C=O) groups excluding carboxylic acids is 1. The molecule has 0 spiro atoms. The summed E-state index contributed by atoms with van der Waals surface area (Å²) in [6.07, 6.45) is 2.93. The molecule has 0 aliphatic carbocycles. The summed E-state index contributed by atoms with van der Waals surface area (Å²) in [5.74, 6) is -0.513. The van der Waals surface area contributed by atoms with Gasteiger partial charge in [0.15, 0.2) is 5.69 Å². The Hall–Kier alpha value is -1.94. The van der Waals surface area contributed by atoms with Crippen LogP contribution in [-0.2, 0) is 4.74 Å². The van der Waals surface area contributed by atoms with Gasteiger partial charge in [-0.2, -0.15) is 0 Å². The van der Waals surface area contributed by atoms with Crippen LogP contribution in [0.15, 0.2) is 36.7 Å². The number of benzene rings is 1. The van der Waals surface area contributed by atoms with Crippen LogP contribution >= 0.6 is 11.6 Å². The molecule has 0 bridgehead atoms. The van der Waals surface area contributed by atoms with Crippen LogP contribution in [0.5, 0.6) is 0 Å². The zero-order chi connectivity index (χ0) is 12.3. The predicted octanol–water partition coefficient (Wildman–Crippen LogP) is 2.58. The Morgan fingerprint density at radius 1 is 1.35 bits per heavy atom. The summed E-state index contributed by atoms with van der Waals surface area (Å²) < 4.78 is 4.58. The van der Waals surface area contributed by atoms with Gasteiger partial charge in [-0.05, 0) is 12.1 Å². The average molecular weight is 249 g/mol. The summed E-state index contributed by atoms with van der Waals surface area (Å²) in [5.41, 5.74) is 1.55. The second kappa shape index (κ2) is 4.93. The third kappa shape index (κ3) is 2.60. The summed E-state index contributed by atoms with van der Waals surface area (Å²) in [6, 6.07) is 7.18. The fourth-order valence-corrected chi connectivity index (χ4v) is 1.55. The smallest absolute Gasteiger partial charge is 0.358 e. The SMILES string of the molecule is COC(=O)c1cncc(-c2cccc(Cl)c2)n1. The van der Waals surface area contributed by atoms with Crippen molar-refractivity contribution in [2.24, 2.45) is 0 Å². The third-order valence-electron chi connectivity index (χ3n) is 2.15. The Bertz CT molecular complexity index is 558. The van der Waals surface area contributed by atoms with Gasteiger partial charge in [0.1, 0.15) is 0 Å². The Morgan fingerprint density at radius 3 is 2.88 bits per heavy atom. The Labute approximate surface area is 103 Å². The van der Waals surface area contributed by atoms with Crippen molar-refractivity contribution in [3.05, 3.63) is 47.4 Å². The maximum absolute atomic E-state index is 11.3. The van der Waals surface area contributed by atoms with Crippen LogP contribution in [0.3, 0.4) is 0 Å². The molecule has 0 amide bonds. The van der Waals surface area contributed by atoms with Crippen molar-refractivity contribution in [1.29, 1.82) is 0 Å².